The summed E-state index contributed by atoms with van der Waals surface area (Å²) in [5, 5.41) is 0. The molecular formula is C14H25N5. The van der Waals surface area contributed by atoms with Crippen molar-refractivity contribution in [3.8, 4) is 0 Å². The van der Waals surface area contributed by atoms with Crippen LogP contribution in [0.1, 0.15) is 51.5 Å². The Hall–Kier alpha value is -1.36. The predicted octanol–water partition coefficient (Wildman–Crippen LogP) is 2.51. The van der Waals surface area contributed by atoms with Crippen molar-refractivity contribution in [2.75, 3.05) is 23.4 Å². The highest BCUT2D eigenvalue weighted by molar-refractivity contribution is 5.60. The van der Waals surface area contributed by atoms with Crippen LogP contribution in [-0.2, 0) is 0 Å². The summed E-state index contributed by atoms with van der Waals surface area (Å²) in [5.41, 5.74) is 3.83. The molecule has 5 nitrogen and oxygen atoms in total. The van der Waals surface area contributed by atoms with Crippen LogP contribution in [0.5, 0.6) is 0 Å². The van der Waals surface area contributed by atoms with Crippen LogP contribution < -0.4 is 16.2 Å². The summed E-state index contributed by atoms with van der Waals surface area (Å²) in [7, 11) is 0. The van der Waals surface area contributed by atoms with Crippen molar-refractivity contribution in [1.82, 2.24) is 9.97 Å². The molecule has 106 valence electrons. The highest BCUT2D eigenvalue weighted by atomic mass is 15.3. The fraction of sp³-hybridized carbons (Fsp3) is 0.714. The molecule has 1 fully saturated rings. The molecule has 1 aliphatic rings. The van der Waals surface area contributed by atoms with Gasteiger partial charge in [0.15, 0.2) is 0 Å². The number of nitrogens with two attached hydrogens (primary N) is 1. The SMILES string of the molecule is CCC1CCCN(c2ncnc(NN)c2C(C)C)C1. The van der Waals surface area contributed by atoms with Gasteiger partial charge in [-0.05, 0) is 24.7 Å². The predicted molar refractivity (Wildman–Crippen MR) is 79.2 cm³/mol. The molecule has 1 saturated heterocycles. The lowest BCUT2D eigenvalue weighted by atomic mass is 9.94. The van der Waals surface area contributed by atoms with E-state index in [0.717, 1.165) is 36.2 Å². The molecule has 0 bridgehead atoms. The topological polar surface area (TPSA) is 67.1 Å². The maximum atomic E-state index is 5.58. The van der Waals surface area contributed by atoms with Crippen LogP contribution in [0.3, 0.4) is 0 Å². The van der Waals surface area contributed by atoms with Gasteiger partial charge in [0.25, 0.3) is 0 Å². The van der Waals surface area contributed by atoms with E-state index in [1.165, 1.54) is 19.3 Å². The van der Waals surface area contributed by atoms with Gasteiger partial charge in [0, 0.05) is 18.7 Å². The van der Waals surface area contributed by atoms with Crippen LogP contribution >= 0.6 is 0 Å². The molecule has 0 spiro atoms. The van der Waals surface area contributed by atoms with Crippen molar-refractivity contribution in [3.05, 3.63) is 11.9 Å². The van der Waals surface area contributed by atoms with E-state index in [9.17, 15) is 0 Å². The second-order valence-corrected chi connectivity index (χ2v) is 5.62. The Morgan fingerprint density at radius 2 is 2.26 bits per heavy atom. The summed E-state index contributed by atoms with van der Waals surface area (Å²) in [6, 6.07) is 0. The van der Waals surface area contributed by atoms with E-state index in [0.29, 0.717) is 5.92 Å². The Bertz CT molecular complexity index is 418. The van der Waals surface area contributed by atoms with Crippen LogP contribution in [0.4, 0.5) is 11.6 Å². The van der Waals surface area contributed by atoms with Gasteiger partial charge in [-0.3, -0.25) is 0 Å². The Kier molecular flexibility index (Phi) is 4.58. The number of nitrogen functional groups attached to an aromatic ring is 1. The molecule has 1 aromatic rings. The third-order valence-corrected chi connectivity index (χ3v) is 3.97. The van der Waals surface area contributed by atoms with Gasteiger partial charge in [-0.15, -0.1) is 0 Å². The minimum absolute atomic E-state index is 0.351. The maximum absolute atomic E-state index is 5.58. The van der Waals surface area contributed by atoms with Gasteiger partial charge < -0.3 is 10.3 Å². The van der Waals surface area contributed by atoms with Crippen molar-refractivity contribution < 1.29 is 0 Å². The average Bonchev–Trinajstić information content (AvgIpc) is 2.46. The molecule has 1 atom stereocenters. The zero-order valence-electron chi connectivity index (χ0n) is 12.2. The smallest absolute Gasteiger partial charge is 0.148 e. The van der Waals surface area contributed by atoms with Gasteiger partial charge in [-0.1, -0.05) is 27.2 Å². The summed E-state index contributed by atoms with van der Waals surface area (Å²) in [4.78, 5) is 11.2. The van der Waals surface area contributed by atoms with E-state index in [4.69, 9.17) is 5.84 Å². The average molecular weight is 263 g/mol. The molecule has 1 unspecified atom stereocenters. The lowest BCUT2D eigenvalue weighted by Crippen LogP contribution is -2.36. The van der Waals surface area contributed by atoms with Gasteiger partial charge in [0.05, 0.1) is 0 Å². The molecule has 0 aromatic carbocycles. The van der Waals surface area contributed by atoms with Gasteiger partial charge in [-0.25, -0.2) is 15.8 Å². The molecule has 5 heteroatoms. The Morgan fingerprint density at radius 1 is 1.47 bits per heavy atom. The van der Waals surface area contributed by atoms with E-state index in [1.807, 2.05) is 0 Å². The quantitative estimate of drug-likeness (QED) is 0.645. The monoisotopic (exact) mass is 263 g/mol. The van der Waals surface area contributed by atoms with E-state index in [1.54, 1.807) is 6.33 Å². The van der Waals surface area contributed by atoms with Crippen LogP contribution in [0.25, 0.3) is 0 Å². The molecule has 0 amide bonds. The second-order valence-electron chi connectivity index (χ2n) is 5.62. The first-order valence-electron chi connectivity index (χ1n) is 7.23. The highest BCUT2D eigenvalue weighted by Gasteiger charge is 2.24. The molecule has 2 heterocycles. The summed E-state index contributed by atoms with van der Waals surface area (Å²) < 4.78 is 0. The molecule has 3 N–H and O–H groups in total. The van der Waals surface area contributed by atoms with Crippen molar-refractivity contribution in [3.63, 3.8) is 0 Å². The van der Waals surface area contributed by atoms with Crippen LogP contribution in [0.15, 0.2) is 6.33 Å². The summed E-state index contributed by atoms with van der Waals surface area (Å²) in [6.07, 6.45) is 5.41. The number of aromatic nitrogens is 2. The molecule has 19 heavy (non-hydrogen) atoms. The number of hydrazine groups is 1. The van der Waals surface area contributed by atoms with Crippen LogP contribution in [-0.4, -0.2) is 23.1 Å². The lowest BCUT2D eigenvalue weighted by Gasteiger charge is -2.35. The molecule has 0 radical (unpaired) electrons. The molecule has 0 aliphatic carbocycles. The lowest BCUT2D eigenvalue weighted by molar-refractivity contribution is 0.402. The highest BCUT2D eigenvalue weighted by Crippen LogP contribution is 2.33. The van der Waals surface area contributed by atoms with E-state index in [-0.39, 0.29) is 0 Å². The fourth-order valence-electron chi connectivity index (χ4n) is 2.88. The molecule has 2 rings (SSSR count). The number of nitrogens with zero attached hydrogens (tertiary/aromatic N) is 3. The van der Waals surface area contributed by atoms with E-state index < -0.39 is 0 Å². The number of piperidine rings is 1. The Morgan fingerprint density at radius 3 is 2.89 bits per heavy atom. The largest absolute Gasteiger partial charge is 0.356 e. The maximum Gasteiger partial charge on any atom is 0.148 e. The normalized spacial score (nSPS) is 19.8. The summed E-state index contributed by atoms with van der Waals surface area (Å²) >= 11 is 0. The standard InChI is InChI=1S/C14H25N5/c1-4-11-6-5-7-19(8-11)14-12(10(2)3)13(18-15)16-9-17-14/h9-11H,4-8,15H2,1-3H3,(H,16,17,18). The van der Waals surface area contributed by atoms with Gasteiger partial charge in [-0.2, -0.15) is 0 Å². The Labute approximate surface area is 115 Å². The van der Waals surface area contributed by atoms with Crippen LogP contribution in [0.2, 0.25) is 0 Å². The molecular weight excluding hydrogens is 238 g/mol. The number of nitrogens with one attached hydrogen (secondary N) is 1. The van der Waals surface area contributed by atoms with Crippen molar-refractivity contribution >= 4 is 11.6 Å². The zero-order valence-corrected chi connectivity index (χ0v) is 12.2. The minimum Gasteiger partial charge on any atom is -0.356 e. The first kappa shape index (κ1) is 14.1. The number of hydrogen-bond acceptors (Lipinski definition) is 5. The number of hydrogen-bond donors (Lipinski definition) is 2. The van der Waals surface area contributed by atoms with Crippen LogP contribution in [0, 0.1) is 5.92 Å². The second kappa shape index (κ2) is 6.19. The third kappa shape index (κ3) is 2.97. The van der Waals surface area contributed by atoms with E-state index >= 15 is 0 Å². The van der Waals surface area contributed by atoms with Crippen molar-refractivity contribution in [2.45, 2.75) is 46.0 Å². The summed E-state index contributed by atoms with van der Waals surface area (Å²) in [5.74, 6) is 8.51. The van der Waals surface area contributed by atoms with Gasteiger partial charge >= 0.3 is 0 Å². The van der Waals surface area contributed by atoms with Gasteiger partial charge in [0.2, 0.25) is 0 Å². The van der Waals surface area contributed by atoms with Gasteiger partial charge in [0.1, 0.15) is 18.0 Å². The number of rotatable bonds is 4. The zero-order chi connectivity index (χ0) is 13.8. The fourth-order valence-corrected chi connectivity index (χ4v) is 2.88. The number of anilines is 2. The molecule has 1 aromatic heterocycles. The van der Waals surface area contributed by atoms with Crippen molar-refractivity contribution in [1.29, 1.82) is 0 Å². The molecule has 0 saturated carbocycles. The van der Waals surface area contributed by atoms with E-state index in [2.05, 4.69) is 41.1 Å². The first-order valence-corrected chi connectivity index (χ1v) is 7.23. The Balaban J connectivity index is 2.33. The summed E-state index contributed by atoms with van der Waals surface area (Å²) in [6.45, 7) is 8.76. The van der Waals surface area contributed by atoms with Crippen molar-refractivity contribution in [2.24, 2.45) is 11.8 Å². The minimum atomic E-state index is 0.351. The first-order chi connectivity index (χ1) is 9.17. The molecule has 1 aliphatic heterocycles. The third-order valence-electron chi connectivity index (χ3n) is 3.97.